The zero-order valence-corrected chi connectivity index (χ0v) is 11.5. The minimum absolute atomic E-state index is 0.218. The number of piperidine rings is 1. The molecule has 1 aromatic rings. The number of hydrogen-bond acceptors (Lipinski definition) is 4. The Morgan fingerprint density at radius 2 is 1.94 bits per heavy atom. The number of anilines is 1. The normalized spacial score (nSPS) is 17.1. The van der Waals surface area contributed by atoms with Crippen LogP contribution in [-0.4, -0.2) is 34.8 Å². The number of nitrogens with one attached hydrogen (secondary N) is 2. The molecule has 0 atom stereocenters. The minimum atomic E-state index is -0.490. The Morgan fingerprint density at radius 1 is 1.28 bits per heavy atom. The highest BCUT2D eigenvalue weighted by atomic mass is 79.9. The Hall–Kier alpha value is -1.08. The molecular formula is C11H16BrN3O3. The zero-order valence-electron chi connectivity index (χ0n) is 9.91. The summed E-state index contributed by atoms with van der Waals surface area (Å²) in [7, 11) is 0. The number of halogens is 1. The second-order valence-electron chi connectivity index (χ2n) is 4.51. The van der Waals surface area contributed by atoms with Gasteiger partial charge in [0.25, 0.3) is 5.56 Å². The van der Waals surface area contributed by atoms with Gasteiger partial charge in [0, 0.05) is 19.7 Å². The smallest absolute Gasteiger partial charge is 0.327 e. The lowest BCUT2D eigenvalue weighted by molar-refractivity contribution is 0.240. The minimum Gasteiger partial charge on any atom is -0.396 e. The van der Waals surface area contributed by atoms with Gasteiger partial charge in [0.2, 0.25) is 0 Å². The second-order valence-corrected chi connectivity index (χ2v) is 5.31. The quantitative estimate of drug-likeness (QED) is 0.754. The van der Waals surface area contributed by atoms with Crippen molar-refractivity contribution in [2.75, 3.05) is 24.6 Å². The van der Waals surface area contributed by atoms with Crippen LogP contribution in [0.25, 0.3) is 0 Å². The average molecular weight is 318 g/mol. The van der Waals surface area contributed by atoms with Gasteiger partial charge < -0.3 is 10.0 Å². The van der Waals surface area contributed by atoms with Crippen LogP contribution in [0.15, 0.2) is 14.1 Å². The average Bonchev–Trinajstić information content (AvgIpc) is 2.35. The Bertz CT molecular complexity index is 517. The number of hydrogen-bond donors (Lipinski definition) is 3. The molecule has 18 heavy (non-hydrogen) atoms. The molecule has 0 bridgehead atoms. The second kappa shape index (κ2) is 5.71. The van der Waals surface area contributed by atoms with Crippen molar-refractivity contribution in [3.63, 3.8) is 0 Å². The van der Waals surface area contributed by atoms with Crippen molar-refractivity contribution in [3.8, 4) is 0 Å². The van der Waals surface area contributed by atoms with Gasteiger partial charge in [0.15, 0.2) is 0 Å². The molecule has 0 amide bonds. The standard InChI is InChI=1S/C11H16BrN3O3/c12-8-9(13-11(18)14-10(8)17)15-4-1-7(2-5-15)3-6-16/h7,16H,1-6H2,(H2,13,14,17,18). The molecule has 1 aliphatic heterocycles. The molecule has 1 fully saturated rings. The van der Waals surface area contributed by atoms with E-state index >= 15 is 0 Å². The molecule has 0 aromatic carbocycles. The predicted octanol–water partition coefficient (Wildman–Crippen LogP) is 0.424. The van der Waals surface area contributed by atoms with E-state index in [-0.39, 0.29) is 6.61 Å². The van der Waals surface area contributed by atoms with E-state index in [9.17, 15) is 9.59 Å². The van der Waals surface area contributed by atoms with Crippen LogP contribution in [0.5, 0.6) is 0 Å². The third-order valence-electron chi connectivity index (χ3n) is 3.33. The lowest BCUT2D eigenvalue weighted by atomic mass is 9.94. The largest absolute Gasteiger partial charge is 0.396 e. The number of aromatic nitrogens is 2. The van der Waals surface area contributed by atoms with Crippen LogP contribution in [0.2, 0.25) is 0 Å². The van der Waals surface area contributed by atoms with Gasteiger partial charge in [-0.2, -0.15) is 0 Å². The lowest BCUT2D eigenvalue weighted by Gasteiger charge is -2.33. The van der Waals surface area contributed by atoms with E-state index in [4.69, 9.17) is 5.11 Å². The molecule has 1 aliphatic rings. The Labute approximate surface area is 112 Å². The van der Waals surface area contributed by atoms with Crippen molar-refractivity contribution in [1.29, 1.82) is 0 Å². The predicted molar refractivity (Wildman–Crippen MR) is 72.0 cm³/mol. The maximum Gasteiger partial charge on any atom is 0.327 e. The Kier molecular flexibility index (Phi) is 4.23. The maximum atomic E-state index is 11.5. The molecule has 0 aliphatic carbocycles. The van der Waals surface area contributed by atoms with Gasteiger partial charge in [-0.3, -0.25) is 14.8 Å². The fraction of sp³-hybridized carbons (Fsp3) is 0.636. The van der Waals surface area contributed by atoms with Crippen LogP contribution >= 0.6 is 15.9 Å². The molecule has 1 aromatic heterocycles. The topological polar surface area (TPSA) is 89.2 Å². The summed E-state index contributed by atoms with van der Waals surface area (Å²) in [5.41, 5.74) is -0.901. The maximum absolute atomic E-state index is 11.5. The van der Waals surface area contributed by atoms with E-state index in [0.29, 0.717) is 16.2 Å². The fourth-order valence-electron chi connectivity index (χ4n) is 2.30. The highest BCUT2D eigenvalue weighted by Crippen LogP contribution is 2.26. The van der Waals surface area contributed by atoms with Crippen LogP contribution in [0.3, 0.4) is 0 Å². The number of H-pyrrole nitrogens is 2. The van der Waals surface area contributed by atoms with E-state index in [0.717, 1.165) is 32.4 Å². The van der Waals surface area contributed by atoms with E-state index in [2.05, 4.69) is 25.9 Å². The summed E-state index contributed by atoms with van der Waals surface area (Å²) in [6.45, 7) is 1.78. The summed E-state index contributed by atoms with van der Waals surface area (Å²) in [6.07, 6.45) is 2.74. The van der Waals surface area contributed by atoms with E-state index in [1.54, 1.807) is 0 Å². The summed E-state index contributed by atoms with van der Waals surface area (Å²) in [5, 5.41) is 8.90. The van der Waals surface area contributed by atoms with E-state index in [1.165, 1.54) is 0 Å². The van der Waals surface area contributed by atoms with Gasteiger partial charge in [-0.05, 0) is 41.1 Å². The molecule has 0 saturated carbocycles. The molecule has 100 valence electrons. The summed E-state index contributed by atoms with van der Waals surface area (Å²) in [4.78, 5) is 29.6. The first-order valence-electron chi connectivity index (χ1n) is 5.99. The summed E-state index contributed by atoms with van der Waals surface area (Å²) in [5.74, 6) is 1.07. The highest BCUT2D eigenvalue weighted by molar-refractivity contribution is 9.10. The van der Waals surface area contributed by atoms with Crippen molar-refractivity contribution >= 4 is 21.7 Å². The van der Waals surface area contributed by atoms with E-state index in [1.807, 2.05) is 4.90 Å². The van der Waals surface area contributed by atoms with Crippen molar-refractivity contribution in [2.45, 2.75) is 19.3 Å². The molecule has 2 heterocycles. The molecular weight excluding hydrogens is 302 g/mol. The van der Waals surface area contributed by atoms with Crippen LogP contribution in [0.1, 0.15) is 19.3 Å². The number of nitrogens with zero attached hydrogens (tertiary/aromatic N) is 1. The Morgan fingerprint density at radius 3 is 2.56 bits per heavy atom. The van der Waals surface area contributed by atoms with Crippen molar-refractivity contribution < 1.29 is 5.11 Å². The lowest BCUT2D eigenvalue weighted by Crippen LogP contribution is -2.37. The van der Waals surface area contributed by atoms with Crippen LogP contribution < -0.4 is 16.1 Å². The summed E-state index contributed by atoms with van der Waals surface area (Å²) >= 11 is 3.20. The fourth-order valence-corrected chi connectivity index (χ4v) is 2.75. The molecule has 0 radical (unpaired) electrons. The van der Waals surface area contributed by atoms with Crippen molar-refractivity contribution in [1.82, 2.24) is 9.97 Å². The molecule has 0 spiro atoms. The van der Waals surface area contributed by atoms with Gasteiger partial charge in [-0.15, -0.1) is 0 Å². The number of aliphatic hydroxyl groups is 1. The van der Waals surface area contributed by atoms with Crippen molar-refractivity contribution in [3.05, 3.63) is 25.3 Å². The first-order valence-corrected chi connectivity index (χ1v) is 6.79. The molecule has 3 N–H and O–H groups in total. The van der Waals surface area contributed by atoms with Crippen molar-refractivity contribution in [2.24, 2.45) is 5.92 Å². The number of aromatic amines is 2. The monoisotopic (exact) mass is 317 g/mol. The SMILES string of the molecule is O=c1[nH]c(N2CCC(CCO)CC2)c(Br)c(=O)[nH]1. The van der Waals surface area contributed by atoms with E-state index < -0.39 is 11.2 Å². The van der Waals surface area contributed by atoms with Crippen LogP contribution in [0.4, 0.5) is 5.82 Å². The van der Waals surface area contributed by atoms with Gasteiger partial charge in [0.05, 0.1) is 0 Å². The van der Waals surface area contributed by atoms with Gasteiger partial charge in [-0.1, -0.05) is 0 Å². The third kappa shape index (κ3) is 2.84. The number of rotatable bonds is 3. The summed E-state index contributed by atoms with van der Waals surface area (Å²) in [6, 6.07) is 0. The van der Waals surface area contributed by atoms with Gasteiger partial charge >= 0.3 is 5.69 Å². The first-order chi connectivity index (χ1) is 8.61. The highest BCUT2D eigenvalue weighted by Gasteiger charge is 2.21. The molecule has 7 heteroatoms. The molecule has 2 rings (SSSR count). The molecule has 1 saturated heterocycles. The van der Waals surface area contributed by atoms with Gasteiger partial charge in [-0.25, -0.2) is 4.79 Å². The zero-order chi connectivity index (χ0) is 13.1. The van der Waals surface area contributed by atoms with Gasteiger partial charge in [0.1, 0.15) is 10.3 Å². The molecule has 6 nitrogen and oxygen atoms in total. The number of aliphatic hydroxyl groups excluding tert-OH is 1. The third-order valence-corrected chi connectivity index (χ3v) is 4.07. The summed E-state index contributed by atoms with van der Waals surface area (Å²) < 4.78 is 0.364. The first kappa shape index (κ1) is 13.4. The van der Waals surface area contributed by atoms with Crippen LogP contribution in [0, 0.1) is 5.92 Å². The molecule has 0 unspecified atom stereocenters. The van der Waals surface area contributed by atoms with Crippen LogP contribution in [-0.2, 0) is 0 Å². The Balaban J connectivity index is 2.15.